The number of halogens is 2. The number of aryl methyl sites for hydroxylation is 2. The maximum Gasteiger partial charge on any atom is 0.275 e. The largest absolute Gasteiger partial charge is 0.505 e. The topological polar surface area (TPSA) is 95.4 Å². The van der Waals surface area contributed by atoms with E-state index in [9.17, 15) is 14.7 Å². The Morgan fingerprint density at radius 2 is 1.81 bits per heavy atom. The lowest BCUT2D eigenvalue weighted by Crippen LogP contribution is -2.37. The third-order valence-electron chi connectivity index (χ3n) is 5.26. The number of nitrogens with zero attached hydrogens (tertiary/aromatic N) is 3. The molecule has 2 N–H and O–H groups in total. The lowest BCUT2D eigenvalue weighted by molar-refractivity contribution is 0.0717. The van der Waals surface area contributed by atoms with Crippen molar-refractivity contribution in [2.75, 3.05) is 18.4 Å². The van der Waals surface area contributed by atoms with E-state index in [1.165, 1.54) is 34.8 Å². The summed E-state index contributed by atoms with van der Waals surface area (Å²) in [7, 11) is 0. The van der Waals surface area contributed by atoms with Crippen molar-refractivity contribution < 1.29 is 14.7 Å². The molecule has 4 rings (SSSR count). The lowest BCUT2D eigenvalue weighted by atomic mass is 9.97. The molecule has 168 valence electrons. The van der Waals surface area contributed by atoms with Gasteiger partial charge < -0.3 is 15.3 Å². The maximum atomic E-state index is 12.8. The molecule has 0 spiro atoms. The highest BCUT2D eigenvalue weighted by molar-refractivity contribution is 7.13. The van der Waals surface area contributed by atoms with E-state index in [0.29, 0.717) is 29.3 Å². The number of hydrogen-bond donors (Lipinski definition) is 2. The minimum absolute atomic E-state index is 0.0389. The Kier molecular flexibility index (Phi) is 6.71. The van der Waals surface area contributed by atoms with Gasteiger partial charge in [-0.2, -0.15) is 0 Å². The number of phenols is 1. The van der Waals surface area contributed by atoms with Gasteiger partial charge in [0, 0.05) is 30.1 Å². The molecule has 0 atom stereocenters. The lowest BCUT2D eigenvalue weighted by Gasteiger charge is -2.30. The highest BCUT2D eigenvalue weighted by Gasteiger charge is 2.28. The number of carbonyl (C=O) groups is 2. The van der Waals surface area contributed by atoms with E-state index < -0.39 is 0 Å². The number of rotatable bonds is 4. The van der Waals surface area contributed by atoms with Gasteiger partial charge in [-0.1, -0.05) is 23.2 Å². The molecule has 1 aromatic carbocycles. The van der Waals surface area contributed by atoms with Gasteiger partial charge in [-0.3, -0.25) is 9.59 Å². The van der Waals surface area contributed by atoms with Crippen LogP contribution < -0.4 is 5.32 Å². The van der Waals surface area contributed by atoms with Crippen molar-refractivity contribution >= 4 is 63.4 Å². The van der Waals surface area contributed by atoms with Crippen molar-refractivity contribution in [1.29, 1.82) is 0 Å². The van der Waals surface area contributed by atoms with E-state index in [0.717, 1.165) is 28.6 Å². The molecule has 1 aliphatic heterocycles. The van der Waals surface area contributed by atoms with Gasteiger partial charge in [-0.15, -0.1) is 22.7 Å². The van der Waals surface area contributed by atoms with Gasteiger partial charge in [0.05, 0.1) is 25.8 Å². The van der Waals surface area contributed by atoms with Gasteiger partial charge in [-0.05, 0) is 38.8 Å². The Morgan fingerprint density at radius 1 is 1.16 bits per heavy atom. The van der Waals surface area contributed by atoms with Crippen LogP contribution in [0.2, 0.25) is 10.0 Å². The van der Waals surface area contributed by atoms with Gasteiger partial charge >= 0.3 is 0 Å². The molecule has 0 saturated carbocycles. The summed E-state index contributed by atoms with van der Waals surface area (Å²) in [5, 5.41) is 15.9. The predicted molar refractivity (Wildman–Crippen MR) is 128 cm³/mol. The molecule has 0 radical (unpaired) electrons. The fourth-order valence-corrected chi connectivity index (χ4v) is 5.96. The van der Waals surface area contributed by atoms with E-state index in [-0.39, 0.29) is 33.5 Å². The molecule has 1 aliphatic rings. The Labute approximate surface area is 203 Å². The van der Waals surface area contributed by atoms with Crippen molar-refractivity contribution in [2.45, 2.75) is 32.6 Å². The number of nitrogens with one attached hydrogen (secondary N) is 1. The zero-order valence-corrected chi connectivity index (χ0v) is 20.5. The van der Waals surface area contributed by atoms with E-state index in [1.807, 2.05) is 18.7 Å². The van der Waals surface area contributed by atoms with E-state index in [4.69, 9.17) is 23.2 Å². The smallest absolute Gasteiger partial charge is 0.275 e. The zero-order valence-electron chi connectivity index (χ0n) is 17.3. The summed E-state index contributed by atoms with van der Waals surface area (Å²) in [6.07, 6.45) is 1.58. The highest BCUT2D eigenvalue weighted by Crippen LogP contribution is 2.35. The molecule has 11 heteroatoms. The Morgan fingerprint density at radius 3 is 2.41 bits per heavy atom. The molecule has 1 saturated heterocycles. The van der Waals surface area contributed by atoms with E-state index in [2.05, 4.69) is 15.3 Å². The van der Waals surface area contributed by atoms with Crippen molar-refractivity contribution in [3.05, 3.63) is 53.8 Å². The first-order valence-electron chi connectivity index (χ1n) is 9.91. The number of aromatic nitrogens is 2. The number of hydrogen-bond acceptors (Lipinski definition) is 7. The first-order chi connectivity index (χ1) is 15.2. The minimum atomic E-state index is -0.381. The van der Waals surface area contributed by atoms with Crippen LogP contribution in [-0.2, 0) is 0 Å². The number of anilines is 1. The molecule has 7 nitrogen and oxygen atoms in total. The van der Waals surface area contributed by atoms with Crippen LogP contribution in [0.15, 0.2) is 17.5 Å². The standard InChI is InChI=1S/C21H20Cl2N4O3S2/c1-10-18(32-11(2)24-10)21(30)27-5-3-12(4-6-27)20-26-16(9-31-20)19(29)25-13-7-14(22)17(28)15(23)8-13/h7-9,12,28H,3-6H2,1-2H3,(H,25,29). The Balaban J connectivity index is 1.37. The van der Waals surface area contributed by atoms with Crippen LogP contribution in [0.3, 0.4) is 0 Å². The summed E-state index contributed by atoms with van der Waals surface area (Å²) in [4.78, 5) is 36.8. The van der Waals surface area contributed by atoms with Gasteiger partial charge in [0.2, 0.25) is 0 Å². The fraction of sp³-hybridized carbons (Fsp3) is 0.333. The molecule has 1 fully saturated rings. The molecule has 0 unspecified atom stereocenters. The number of thiazole rings is 2. The van der Waals surface area contributed by atoms with E-state index in [1.54, 1.807) is 5.38 Å². The summed E-state index contributed by atoms with van der Waals surface area (Å²) < 4.78 is 0. The molecule has 3 heterocycles. The molecular formula is C21H20Cl2N4O3S2. The van der Waals surface area contributed by atoms with Crippen LogP contribution in [0.5, 0.6) is 5.75 Å². The second-order valence-electron chi connectivity index (χ2n) is 7.53. The summed E-state index contributed by atoms with van der Waals surface area (Å²) in [6, 6.07) is 2.85. The number of aromatic hydroxyl groups is 1. The van der Waals surface area contributed by atoms with E-state index >= 15 is 0 Å². The van der Waals surface area contributed by atoms with Crippen LogP contribution >= 0.6 is 45.9 Å². The van der Waals surface area contributed by atoms with Crippen molar-refractivity contribution in [3.8, 4) is 5.75 Å². The summed E-state index contributed by atoms with van der Waals surface area (Å²) >= 11 is 14.7. The first kappa shape index (κ1) is 23.0. The van der Waals surface area contributed by atoms with Crippen LogP contribution in [0.4, 0.5) is 5.69 Å². The van der Waals surface area contributed by atoms with Gasteiger partial charge in [0.1, 0.15) is 10.6 Å². The summed E-state index contributed by atoms with van der Waals surface area (Å²) in [5.74, 6) is -0.369. The normalized spacial score (nSPS) is 14.6. The quantitative estimate of drug-likeness (QED) is 0.451. The highest BCUT2D eigenvalue weighted by atomic mass is 35.5. The fourth-order valence-electron chi connectivity index (χ4n) is 3.62. The SMILES string of the molecule is Cc1nc(C)c(C(=O)N2CCC(c3nc(C(=O)Nc4cc(Cl)c(O)c(Cl)c4)cs3)CC2)s1. The first-order valence-corrected chi connectivity index (χ1v) is 12.4. The molecule has 32 heavy (non-hydrogen) atoms. The van der Waals surface area contributed by atoms with Gasteiger partial charge in [-0.25, -0.2) is 9.97 Å². The molecular weight excluding hydrogens is 491 g/mol. The summed E-state index contributed by atoms with van der Waals surface area (Å²) in [5.41, 5.74) is 1.46. The van der Waals surface area contributed by atoms with Crippen LogP contribution in [0.25, 0.3) is 0 Å². The zero-order chi connectivity index (χ0) is 23.0. The monoisotopic (exact) mass is 510 g/mol. The van der Waals surface area contributed by atoms with Gasteiger partial charge in [0.15, 0.2) is 5.75 Å². The molecule has 3 aromatic rings. The third kappa shape index (κ3) is 4.76. The number of benzene rings is 1. The second kappa shape index (κ2) is 9.35. The predicted octanol–water partition coefficient (Wildman–Crippen LogP) is 5.50. The molecule has 0 bridgehead atoms. The average Bonchev–Trinajstić information content (AvgIpc) is 3.38. The van der Waals surface area contributed by atoms with Crippen molar-refractivity contribution in [2.24, 2.45) is 0 Å². The van der Waals surface area contributed by atoms with Crippen LogP contribution in [0, 0.1) is 13.8 Å². The number of amides is 2. The molecule has 2 amide bonds. The number of piperidine rings is 1. The number of carbonyl (C=O) groups excluding carboxylic acids is 2. The molecule has 0 aliphatic carbocycles. The van der Waals surface area contributed by atoms with Crippen LogP contribution in [-0.4, -0.2) is 44.9 Å². The Bertz CT molecular complexity index is 1160. The maximum absolute atomic E-state index is 12.8. The number of likely N-dealkylation sites (tertiary alicyclic amines) is 1. The van der Waals surface area contributed by atoms with Crippen molar-refractivity contribution in [3.63, 3.8) is 0 Å². The Hall–Kier alpha value is -2.20. The number of phenolic OH excluding ortho intramolecular Hbond substituents is 1. The average molecular weight is 511 g/mol. The summed E-state index contributed by atoms with van der Waals surface area (Å²) in [6.45, 7) is 5.06. The van der Waals surface area contributed by atoms with Crippen molar-refractivity contribution in [1.82, 2.24) is 14.9 Å². The second-order valence-corrected chi connectivity index (χ2v) is 10.4. The minimum Gasteiger partial charge on any atom is -0.505 e. The van der Waals surface area contributed by atoms with Gasteiger partial charge in [0.25, 0.3) is 11.8 Å². The third-order valence-corrected chi connectivity index (χ3v) is 7.90. The van der Waals surface area contributed by atoms with Crippen LogP contribution in [0.1, 0.15) is 54.6 Å². The molecule has 2 aromatic heterocycles.